The Hall–Kier alpha value is -2.04. The van der Waals surface area contributed by atoms with Crippen molar-refractivity contribution in [3.63, 3.8) is 0 Å². The molecule has 0 fully saturated rings. The summed E-state index contributed by atoms with van der Waals surface area (Å²) >= 11 is 0. The molecule has 2 aromatic rings. The number of nitrogens with zero attached hydrogens (tertiary/aromatic N) is 3. The molecule has 0 aliphatic heterocycles. The molecule has 1 amide bonds. The van der Waals surface area contributed by atoms with Crippen LogP contribution in [0.2, 0.25) is 0 Å². The van der Waals surface area contributed by atoms with Gasteiger partial charge in [-0.15, -0.1) is 24.0 Å². The van der Waals surface area contributed by atoms with E-state index in [1.54, 1.807) is 23.0 Å². The number of aliphatic imine (C=N–C) groups is 1. The number of carbonyl (C=O) groups excluding carboxylic acids is 1. The smallest absolute Gasteiger partial charge is 0.287 e. The quantitative estimate of drug-likeness (QED) is 0.257. The normalized spacial score (nSPS) is 10.8. The number of carbonyl (C=O) groups is 1. The van der Waals surface area contributed by atoms with E-state index in [0.29, 0.717) is 31.4 Å². The van der Waals surface area contributed by atoms with E-state index < -0.39 is 0 Å². The Labute approximate surface area is 158 Å². The summed E-state index contributed by atoms with van der Waals surface area (Å²) in [6.45, 7) is 4.32. The monoisotopic (exact) mass is 446 g/mol. The molecular weight excluding hydrogens is 423 g/mol. The van der Waals surface area contributed by atoms with E-state index in [1.807, 2.05) is 20.0 Å². The third kappa shape index (κ3) is 6.22. The van der Waals surface area contributed by atoms with E-state index >= 15 is 0 Å². The molecule has 2 heterocycles. The van der Waals surface area contributed by atoms with E-state index in [2.05, 4.69) is 26.0 Å². The molecule has 24 heavy (non-hydrogen) atoms. The minimum atomic E-state index is -0.228. The molecule has 0 aliphatic rings. The lowest BCUT2D eigenvalue weighted by molar-refractivity contribution is 0.0926. The standard InChI is InChI=1S/C15H22N6O2.HI/c1-3-16-15(19-11-12-6-7-20-21(12)2)18-9-8-17-14(22)13-5-4-10-23-13;/h4-7,10H,3,8-9,11H2,1-2H3,(H,17,22)(H2,16,18,19);1H. The summed E-state index contributed by atoms with van der Waals surface area (Å²) in [5, 5.41) is 13.2. The maximum Gasteiger partial charge on any atom is 0.287 e. The van der Waals surface area contributed by atoms with Gasteiger partial charge in [0.2, 0.25) is 0 Å². The van der Waals surface area contributed by atoms with Crippen LogP contribution in [0.1, 0.15) is 23.2 Å². The fourth-order valence-corrected chi connectivity index (χ4v) is 1.91. The van der Waals surface area contributed by atoms with Gasteiger partial charge in [0.15, 0.2) is 11.7 Å². The predicted molar refractivity (Wildman–Crippen MR) is 102 cm³/mol. The molecule has 2 rings (SSSR count). The minimum Gasteiger partial charge on any atom is -0.459 e. The van der Waals surface area contributed by atoms with Crippen LogP contribution in [0.25, 0.3) is 0 Å². The molecule has 8 nitrogen and oxygen atoms in total. The second-order valence-electron chi connectivity index (χ2n) is 4.80. The number of amides is 1. The van der Waals surface area contributed by atoms with E-state index in [9.17, 15) is 4.79 Å². The Balaban J connectivity index is 0.00000288. The van der Waals surface area contributed by atoms with Crippen molar-refractivity contribution in [3.05, 3.63) is 42.1 Å². The Bertz CT molecular complexity index is 638. The highest BCUT2D eigenvalue weighted by molar-refractivity contribution is 14.0. The van der Waals surface area contributed by atoms with Gasteiger partial charge in [-0.3, -0.25) is 9.48 Å². The summed E-state index contributed by atoms with van der Waals surface area (Å²) in [5.41, 5.74) is 1.02. The van der Waals surface area contributed by atoms with Crippen LogP contribution in [0.5, 0.6) is 0 Å². The highest BCUT2D eigenvalue weighted by Gasteiger charge is 2.07. The van der Waals surface area contributed by atoms with Crippen molar-refractivity contribution in [2.75, 3.05) is 19.6 Å². The van der Waals surface area contributed by atoms with Crippen molar-refractivity contribution in [1.82, 2.24) is 25.7 Å². The lowest BCUT2D eigenvalue weighted by Crippen LogP contribution is -2.41. The molecule has 0 atom stereocenters. The zero-order chi connectivity index (χ0) is 16.5. The number of aromatic nitrogens is 2. The SMILES string of the molecule is CCNC(=NCc1ccnn1C)NCCNC(=O)c1ccco1.I. The lowest BCUT2D eigenvalue weighted by Gasteiger charge is -2.11. The third-order valence-electron chi connectivity index (χ3n) is 3.11. The van der Waals surface area contributed by atoms with Gasteiger partial charge >= 0.3 is 0 Å². The van der Waals surface area contributed by atoms with Gasteiger partial charge in [-0.2, -0.15) is 5.10 Å². The summed E-state index contributed by atoms with van der Waals surface area (Å²) in [6.07, 6.45) is 3.22. The molecule has 0 aromatic carbocycles. The molecule has 0 aliphatic carbocycles. The Morgan fingerprint density at radius 2 is 2.08 bits per heavy atom. The van der Waals surface area contributed by atoms with Gasteiger partial charge in [0, 0.05) is 32.9 Å². The van der Waals surface area contributed by atoms with Crippen molar-refractivity contribution in [3.8, 4) is 0 Å². The second-order valence-corrected chi connectivity index (χ2v) is 4.80. The summed E-state index contributed by atoms with van der Waals surface area (Å²) < 4.78 is 6.81. The molecule has 3 N–H and O–H groups in total. The number of rotatable bonds is 7. The summed E-state index contributed by atoms with van der Waals surface area (Å²) in [5.74, 6) is 0.774. The third-order valence-corrected chi connectivity index (χ3v) is 3.11. The first kappa shape index (κ1) is 20.0. The maximum absolute atomic E-state index is 11.7. The molecule has 0 saturated heterocycles. The van der Waals surface area contributed by atoms with Crippen LogP contribution in [-0.2, 0) is 13.6 Å². The predicted octanol–water partition coefficient (Wildman–Crippen LogP) is 1.12. The number of aryl methyl sites for hydroxylation is 1. The molecule has 9 heteroatoms. The van der Waals surface area contributed by atoms with Gasteiger partial charge in [0.05, 0.1) is 18.5 Å². The largest absolute Gasteiger partial charge is 0.459 e. The van der Waals surface area contributed by atoms with Crippen LogP contribution >= 0.6 is 24.0 Å². The second kappa shape index (κ2) is 10.7. The van der Waals surface area contributed by atoms with Crippen LogP contribution in [-0.4, -0.2) is 41.3 Å². The van der Waals surface area contributed by atoms with Gasteiger partial charge in [-0.25, -0.2) is 4.99 Å². The van der Waals surface area contributed by atoms with Crippen LogP contribution in [0.3, 0.4) is 0 Å². The number of halogens is 1. The van der Waals surface area contributed by atoms with Crippen molar-refractivity contribution in [2.24, 2.45) is 12.0 Å². The fraction of sp³-hybridized carbons (Fsp3) is 0.400. The van der Waals surface area contributed by atoms with Crippen molar-refractivity contribution >= 4 is 35.8 Å². The Kier molecular flexibility index (Phi) is 8.90. The average Bonchev–Trinajstić information content (AvgIpc) is 3.20. The Morgan fingerprint density at radius 3 is 2.71 bits per heavy atom. The molecule has 0 radical (unpaired) electrons. The summed E-state index contributed by atoms with van der Waals surface area (Å²) in [6, 6.07) is 5.24. The highest BCUT2D eigenvalue weighted by atomic mass is 127. The van der Waals surface area contributed by atoms with Crippen molar-refractivity contribution in [1.29, 1.82) is 0 Å². The number of hydrogen-bond acceptors (Lipinski definition) is 4. The van der Waals surface area contributed by atoms with Crippen LogP contribution < -0.4 is 16.0 Å². The van der Waals surface area contributed by atoms with Crippen LogP contribution in [0.15, 0.2) is 40.1 Å². The van der Waals surface area contributed by atoms with E-state index in [-0.39, 0.29) is 29.9 Å². The van der Waals surface area contributed by atoms with E-state index in [1.165, 1.54) is 6.26 Å². The van der Waals surface area contributed by atoms with Gasteiger partial charge in [0.1, 0.15) is 0 Å². The summed E-state index contributed by atoms with van der Waals surface area (Å²) in [4.78, 5) is 16.2. The van der Waals surface area contributed by atoms with E-state index in [0.717, 1.165) is 12.2 Å². The maximum atomic E-state index is 11.7. The lowest BCUT2D eigenvalue weighted by atomic mass is 10.4. The van der Waals surface area contributed by atoms with Crippen LogP contribution in [0, 0.1) is 0 Å². The van der Waals surface area contributed by atoms with Gasteiger partial charge < -0.3 is 20.4 Å². The van der Waals surface area contributed by atoms with E-state index in [4.69, 9.17) is 4.42 Å². The first-order valence-electron chi connectivity index (χ1n) is 7.51. The van der Waals surface area contributed by atoms with Crippen molar-refractivity contribution < 1.29 is 9.21 Å². The van der Waals surface area contributed by atoms with Gasteiger partial charge in [0.25, 0.3) is 5.91 Å². The molecule has 0 saturated carbocycles. The first-order valence-corrected chi connectivity index (χ1v) is 7.51. The molecule has 0 spiro atoms. The Morgan fingerprint density at radius 1 is 1.29 bits per heavy atom. The molecule has 0 unspecified atom stereocenters. The average molecular weight is 446 g/mol. The topological polar surface area (TPSA) is 96.5 Å². The fourth-order valence-electron chi connectivity index (χ4n) is 1.91. The molecule has 2 aromatic heterocycles. The van der Waals surface area contributed by atoms with Crippen LogP contribution in [0.4, 0.5) is 0 Å². The molecule has 132 valence electrons. The van der Waals surface area contributed by atoms with Gasteiger partial charge in [-0.1, -0.05) is 0 Å². The van der Waals surface area contributed by atoms with Gasteiger partial charge in [-0.05, 0) is 25.1 Å². The number of nitrogens with one attached hydrogen (secondary N) is 3. The summed E-state index contributed by atoms with van der Waals surface area (Å²) in [7, 11) is 1.88. The number of guanidine groups is 1. The highest BCUT2D eigenvalue weighted by Crippen LogP contribution is 1.99. The molecule has 0 bridgehead atoms. The zero-order valence-corrected chi connectivity index (χ0v) is 16.1. The minimum absolute atomic E-state index is 0. The zero-order valence-electron chi connectivity index (χ0n) is 13.8. The first-order chi connectivity index (χ1) is 11.2. The van der Waals surface area contributed by atoms with Crippen molar-refractivity contribution in [2.45, 2.75) is 13.5 Å². The number of furan rings is 1. The molecular formula is C15H23IN6O2. The number of hydrogen-bond donors (Lipinski definition) is 3.